The third-order valence-corrected chi connectivity index (χ3v) is 3.86. The summed E-state index contributed by atoms with van der Waals surface area (Å²) < 4.78 is 0.824. The van der Waals surface area contributed by atoms with E-state index in [-0.39, 0.29) is 0 Å². The molecule has 0 atom stereocenters. The second-order valence-corrected chi connectivity index (χ2v) is 5.18. The average molecular weight is 315 g/mol. The van der Waals surface area contributed by atoms with Crippen LogP contribution in [0.4, 0.5) is 11.4 Å². The fourth-order valence-corrected chi connectivity index (χ4v) is 2.44. The molecule has 0 radical (unpaired) electrons. The molecule has 2 nitrogen and oxygen atoms in total. The van der Waals surface area contributed by atoms with Crippen molar-refractivity contribution in [3.05, 3.63) is 58.1 Å². The summed E-state index contributed by atoms with van der Waals surface area (Å²) in [6, 6.07) is 16.4. The zero-order valence-corrected chi connectivity index (χ0v) is 12.6. The fourth-order valence-electron chi connectivity index (χ4n) is 2.00. The normalized spacial score (nSPS) is 10.0. The molecule has 0 aromatic heterocycles. The van der Waals surface area contributed by atoms with Gasteiger partial charge in [0.1, 0.15) is 6.07 Å². The predicted molar refractivity (Wildman–Crippen MR) is 82.7 cm³/mol. The molecule has 0 aliphatic heterocycles. The first kappa shape index (κ1) is 13.6. The molecule has 19 heavy (non-hydrogen) atoms. The zero-order chi connectivity index (χ0) is 13.8. The lowest BCUT2D eigenvalue weighted by atomic mass is 10.1. The van der Waals surface area contributed by atoms with Crippen molar-refractivity contribution >= 4 is 27.3 Å². The maximum absolute atomic E-state index is 9.27. The Kier molecular flexibility index (Phi) is 4.24. The first-order chi connectivity index (χ1) is 9.17. The van der Waals surface area contributed by atoms with Crippen LogP contribution >= 0.6 is 15.9 Å². The quantitative estimate of drug-likeness (QED) is 0.824. The van der Waals surface area contributed by atoms with E-state index in [1.807, 2.05) is 30.1 Å². The van der Waals surface area contributed by atoms with E-state index in [0.29, 0.717) is 5.56 Å². The summed E-state index contributed by atoms with van der Waals surface area (Å²) >= 11 is 3.42. The Balaban J connectivity index is 2.41. The van der Waals surface area contributed by atoms with Gasteiger partial charge in [-0.05, 0) is 52.2 Å². The van der Waals surface area contributed by atoms with Crippen molar-refractivity contribution in [3.63, 3.8) is 0 Å². The third kappa shape index (κ3) is 2.80. The van der Waals surface area contributed by atoms with Crippen LogP contribution in [0.2, 0.25) is 0 Å². The van der Waals surface area contributed by atoms with Crippen LogP contribution in [0.15, 0.2) is 46.9 Å². The SMILES string of the molecule is CCc1ccc(N(C)c2cccc(Br)c2C#N)cc1. The second-order valence-electron chi connectivity index (χ2n) is 4.32. The van der Waals surface area contributed by atoms with Gasteiger partial charge in [0.25, 0.3) is 0 Å². The zero-order valence-electron chi connectivity index (χ0n) is 11.0. The molecule has 0 saturated heterocycles. The van der Waals surface area contributed by atoms with Gasteiger partial charge in [0, 0.05) is 17.2 Å². The van der Waals surface area contributed by atoms with Gasteiger partial charge in [-0.3, -0.25) is 0 Å². The Morgan fingerprint density at radius 1 is 1.16 bits per heavy atom. The number of hydrogen-bond donors (Lipinski definition) is 0. The Morgan fingerprint density at radius 2 is 1.84 bits per heavy atom. The number of hydrogen-bond acceptors (Lipinski definition) is 2. The number of benzene rings is 2. The number of aryl methyl sites for hydroxylation is 1. The second kappa shape index (κ2) is 5.90. The summed E-state index contributed by atoms with van der Waals surface area (Å²) in [6.07, 6.45) is 1.03. The van der Waals surface area contributed by atoms with Crippen LogP contribution in [0.5, 0.6) is 0 Å². The Hall–Kier alpha value is -1.79. The monoisotopic (exact) mass is 314 g/mol. The number of nitriles is 1. The molecule has 2 aromatic rings. The maximum atomic E-state index is 9.27. The van der Waals surface area contributed by atoms with E-state index < -0.39 is 0 Å². The molecule has 0 fully saturated rings. The van der Waals surface area contributed by atoms with Crippen molar-refractivity contribution in [1.29, 1.82) is 5.26 Å². The van der Waals surface area contributed by atoms with Gasteiger partial charge in [-0.1, -0.05) is 25.1 Å². The molecule has 0 N–H and O–H groups in total. The Bertz CT molecular complexity index is 612. The Morgan fingerprint density at radius 3 is 2.42 bits per heavy atom. The molecule has 2 aromatic carbocycles. The molecule has 0 bridgehead atoms. The minimum atomic E-state index is 0.657. The predicted octanol–water partition coefficient (Wildman–Crippen LogP) is 4.65. The first-order valence-electron chi connectivity index (χ1n) is 6.18. The molecule has 2 rings (SSSR count). The van der Waals surface area contributed by atoms with Crippen molar-refractivity contribution in [1.82, 2.24) is 0 Å². The summed E-state index contributed by atoms with van der Waals surface area (Å²) in [5, 5.41) is 9.27. The molecule has 0 aliphatic carbocycles. The molecule has 0 amide bonds. The molecule has 0 spiro atoms. The number of nitrogens with zero attached hydrogens (tertiary/aromatic N) is 2. The van der Waals surface area contributed by atoms with Crippen molar-refractivity contribution in [2.45, 2.75) is 13.3 Å². The van der Waals surface area contributed by atoms with Crippen LogP contribution in [0.1, 0.15) is 18.1 Å². The van der Waals surface area contributed by atoms with Crippen LogP contribution in [0.25, 0.3) is 0 Å². The standard InChI is InChI=1S/C16H15BrN2/c1-3-12-7-9-13(10-8-12)19(2)16-6-4-5-15(17)14(16)11-18/h4-10H,3H2,1-2H3. The molecule has 0 heterocycles. The first-order valence-corrected chi connectivity index (χ1v) is 6.98. The van der Waals surface area contributed by atoms with Crippen molar-refractivity contribution in [2.75, 3.05) is 11.9 Å². The summed E-state index contributed by atoms with van der Waals surface area (Å²) in [5.41, 5.74) is 3.95. The topological polar surface area (TPSA) is 27.0 Å². The van der Waals surface area contributed by atoms with Crippen molar-refractivity contribution < 1.29 is 0 Å². The Labute approximate surface area is 122 Å². The minimum absolute atomic E-state index is 0.657. The fraction of sp³-hybridized carbons (Fsp3) is 0.188. The highest BCUT2D eigenvalue weighted by atomic mass is 79.9. The van der Waals surface area contributed by atoms with Gasteiger partial charge in [-0.15, -0.1) is 0 Å². The van der Waals surface area contributed by atoms with Gasteiger partial charge in [0.15, 0.2) is 0 Å². The lowest BCUT2D eigenvalue weighted by Crippen LogP contribution is -2.11. The lowest BCUT2D eigenvalue weighted by Gasteiger charge is -2.21. The van der Waals surface area contributed by atoms with Crippen LogP contribution in [-0.2, 0) is 6.42 Å². The largest absolute Gasteiger partial charge is 0.344 e. The van der Waals surface area contributed by atoms with Gasteiger partial charge in [0.05, 0.1) is 11.3 Å². The van der Waals surface area contributed by atoms with E-state index in [9.17, 15) is 5.26 Å². The third-order valence-electron chi connectivity index (χ3n) is 3.20. The van der Waals surface area contributed by atoms with Gasteiger partial charge in [-0.2, -0.15) is 5.26 Å². The molecular formula is C16H15BrN2. The number of rotatable bonds is 3. The summed E-state index contributed by atoms with van der Waals surface area (Å²) in [4.78, 5) is 2.03. The molecule has 3 heteroatoms. The van der Waals surface area contributed by atoms with E-state index in [1.165, 1.54) is 5.56 Å². The number of anilines is 2. The lowest BCUT2D eigenvalue weighted by molar-refractivity contribution is 1.13. The van der Waals surface area contributed by atoms with E-state index >= 15 is 0 Å². The highest BCUT2D eigenvalue weighted by Gasteiger charge is 2.11. The minimum Gasteiger partial charge on any atom is -0.344 e. The molecule has 0 aliphatic rings. The van der Waals surface area contributed by atoms with E-state index in [4.69, 9.17) is 0 Å². The smallest absolute Gasteiger partial charge is 0.103 e. The van der Waals surface area contributed by atoms with E-state index in [2.05, 4.69) is 53.2 Å². The van der Waals surface area contributed by atoms with Crippen molar-refractivity contribution in [3.8, 4) is 6.07 Å². The molecular weight excluding hydrogens is 300 g/mol. The van der Waals surface area contributed by atoms with Crippen LogP contribution in [0.3, 0.4) is 0 Å². The average Bonchev–Trinajstić information content (AvgIpc) is 2.46. The summed E-state index contributed by atoms with van der Waals surface area (Å²) in [5.74, 6) is 0. The van der Waals surface area contributed by atoms with Gasteiger partial charge in [-0.25, -0.2) is 0 Å². The van der Waals surface area contributed by atoms with Gasteiger partial charge >= 0.3 is 0 Å². The summed E-state index contributed by atoms with van der Waals surface area (Å²) in [6.45, 7) is 2.14. The van der Waals surface area contributed by atoms with Crippen molar-refractivity contribution in [2.24, 2.45) is 0 Å². The van der Waals surface area contributed by atoms with E-state index in [1.54, 1.807) is 0 Å². The molecule has 96 valence electrons. The van der Waals surface area contributed by atoms with Crippen LogP contribution < -0.4 is 4.90 Å². The highest BCUT2D eigenvalue weighted by molar-refractivity contribution is 9.10. The van der Waals surface area contributed by atoms with Crippen LogP contribution in [-0.4, -0.2) is 7.05 Å². The highest BCUT2D eigenvalue weighted by Crippen LogP contribution is 2.31. The molecule has 0 saturated carbocycles. The van der Waals surface area contributed by atoms with E-state index in [0.717, 1.165) is 22.3 Å². The number of halogens is 1. The summed E-state index contributed by atoms with van der Waals surface area (Å²) in [7, 11) is 1.98. The van der Waals surface area contributed by atoms with Crippen LogP contribution in [0, 0.1) is 11.3 Å². The maximum Gasteiger partial charge on any atom is 0.103 e. The van der Waals surface area contributed by atoms with Gasteiger partial charge in [0.2, 0.25) is 0 Å². The van der Waals surface area contributed by atoms with Gasteiger partial charge < -0.3 is 4.90 Å². The molecule has 0 unspecified atom stereocenters.